The molecule has 0 aliphatic carbocycles. The zero-order valence-corrected chi connectivity index (χ0v) is 15.6. The number of halogens is 2. The first-order valence-electron chi connectivity index (χ1n) is 8.48. The van der Waals surface area contributed by atoms with Crippen LogP contribution in [-0.4, -0.2) is 18.8 Å². The highest BCUT2D eigenvalue weighted by Gasteiger charge is 2.24. The minimum absolute atomic E-state index is 0.0298. The van der Waals surface area contributed by atoms with Gasteiger partial charge in [0.2, 0.25) is 0 Å². The Hall–Kier alpha value is -1.58. The molecule has 1 unspecified atom stereocenters. The van der Waals surface area contributed by atoms with Crippen LogP contribution in [-0.2, 0) is 5.66 Å². The molecule has 6 heteroatoms. The fourth-order valence-corrected chi connectivity index (χ4v) is 3.28. The first kappa shape index (κ1) is 18.2. The molecule has 25 heavy (non-hydrogen) atoms. The van der Waals surface area contributed by atoms with Gasteiger partial charge < -0.3 is 9.73 Å². The maximum Gasteiger partial charge on any atom is 0.283 e. The largest absolute Gasteiger partial charge is 0.460 e. The molecule has 2 aromatic rings. The number of aliphatic imine (C=N–C) groups is 1. The van der Waals surface area contributed by atoms with Gasteiger partial charge in [-0.15, -0.1) is 0 Å². The molecule has 1 N–H and O–H groups in total. The van der Waals surface area contributed by atoms with Crippen LogP contribution >= 0.6 is 9.24 Å². The topological polar surface area (TPSA) is 37.5 Å². The molecule has 0 spiro atoms. The smallest absolute Gasteiger partial charge is 0.283 e. The van der Waals surface area contributed by atoms with Crippen LogP contribution in [0.2, 0.25) is 0 Å². The Balaban J connectivity index is 1.81. The van der Waals surface area contributed by atoms with Crippen molar-refractivity contribution in [3.8, 4) is 0 Å². The fraction of sp³-hybridized carbons (Fsp3) is 0.421. The molecule has 2 heterocycles. The van der Waals surface area contributed by atoms with Gasteiger partial charge in [0.25, 0.3) is 5.66 Å². The van der Waals surface area contributed by atoms with E-state index in [1.54, 1.807) is 22.2 Å². The molecule has 1 aromatic heterocycles. The van der Waals surface area contributed by atoms with Crippen LogP contribution in [0.4, 0.5) is 14.5 Å². The number of alkyl halides is 2. The summed E-state index contributed by atoms with van der Waals surface area (Å²) >= 11 is 0. The predicted octanol–water partition coefficient (Wildman–Crippen LogP) is 5.12. The summed E-state index contributed by atoms with van der Waals surface area (Å²) in [6.45, 7) is 5.69. The lowest BCUT2D eigenvalue weighted by Gasteiger charge is -2.20. The van der Waals surface area contributed by atoms with Gasteiger partial charge >= 0.3 is 0 Å². The molecule has 3 nitrogen and oxygen atoms in total. The van der Waals surface area contributed by atoms with E-state index in [2.05, 4.69) is 10.3 Å². The average Bonchev–Trinajstić information content (AvgIpc) is 3.07. The molecule has 1 aromatic carbocycles. The number of hydrogen-bond donors (Lipinski definition) is 1. The molecular formula is C19H23F2N2OP. The Bertz CT molecular complexity index is 774. The number of nitrogens with one attached hydrogen (secondary N) is 1. The molecule has 0 amide bonds. The minimum Gasteiger partial charge on any atom is -0.460 e. The first-order valence-corrected chi connectivity index (χ1v) is 9.06. The lowest BCUT2D eigenvalue weighted by Crippen LogP contribution is -2.26. The van der Waals surface area contributed by atoms with Crippen molar-refractivity contribution in [2.24, 2.45) is 4.99 Å². The van der Waals surface area contributed by atoms with Crippen molar-refractivity contribution in [2.75, 3.05) is 13.1 Å². The van der Waals surface area contributed by atoms with E-state index in [-0.39, 0.29) is 5.56 Å². The third kappa shape index (κ3) is 4.34. The summed E-state index contributed by atoms with van der Waals surface area (Å²) in [7, 11) is 1.56. The standard InChI is InChI=1S/C19H23F2N2OP/c1-12-11-15(19(20,21)25)3-4-16(12)23-13(2)17-5-6-18(24-17)14-7-9-22-10-8-14/h3-6,11,14,22H,7-10,25H2,1-2H3. The second-order valence-electron chi connectivity index (χ2n) is 6.55. The highest BCUT2D eigenvalue weighted by Crippen LogP contribution is 2.37. The third-order valence-electron chi connectivity index (χ3n) is 4.59. The van der Waals surface area contributed by atoms with Gasteiger partial charge in [-0.2, -0.15) is 8.78 Å². The summed E-state index contributed by atoms with van der Waals surface area (Å²) in [5, 5.41) is 3.35. The van der Waals surface area contributed by atoms with Crippen molar-refractivity contribution in [3.05, 3.63) is 53.0 Å². The zero-order valence-electron chi connectivity index (χ0n) is 14.5. The Morgan fingerprint density at radius 2 is 1.96 bits per heavy atom. The van der Waals surface area contributed by atoms with Crippen molar-refractivity contribution in [1.29, 1.82) is 0 Å². The Morgan fingerprint density at radius 3 is 2.60 bits per heavy atom. The molecule has 1 saturated heterocycles. The van der Waals surface area contributed by atoms with Gasteiger partial charge in [-0.05, 0) is 69.6 Å². The monoisotopic (exact) mass is 364 g/mol. The zero-order chi connectivity index (χ0) is 18.0. The predicted molar refractivity (Wildman–Crippen MR) is 100 cm³/mol. The third-order valence-corrected chi connectivity index (χ3v) is 4.93. The van der Waals surface area contributed by atoms with Crippen LogP contribution in [0, 0.1) is 6.92 Å². The molecule has 0 bridgehead atoms. The summed E-state index contributed by atoms with van der Waals surface area (Å²) in [5.74, 6) is 2.18. The van der Waals surface area contributed by atoms with Crippen molar-refractivity contribution in [2.45, 2.75) is 38.3 Å². The molecule has 1 atom stereocenters. The average molecular weight is 364 g/mol. The quantitative estimate of drug-likeness (QED) is 0.604. The Labute approximate surface area is 149 Å². The summed E-state index contributed by atoms with van der Waals surface area (Å²) < 4.78 is 32.8. The van der Waals surface area contributed by atoms with Crippen molar-refractivity contribution in [3.63, 3.8) is 0 Å². The summed E-state index contributed by atoms with van der Waals surface area (Å²) in [6, 6.07) is 8.48. The number of nitrogens with zero attached hydrogens (tertiary/aromatic N) is 1. The Kier molecular flexibility index (Phi) is 5.35. The second kappa shape index (κ2) is 7.35. The van der Waals surface area contributed by atoms with Crippen LogP contribution in [0.15, 0.2) is 39.7 Å². The van der Waals surface area contributed by atoms with E-state index in [9.17, 15) is 8.78 Å². The van der Waals surface area contributed by atoms with E-state index >= 15 is 0 Å². The number of piperidine rings is 1. The van der Waals surface area contributed by atoms with Gasteiger partial charge in [0.15, 0.2) is 0 Å². The molecule has 0 radical (unpaired) electrons. The number of furan rings is 1. The fourth-order valence-electron chi connectivity index (χ4n) is 3.10. The van der Waals surface area contributed by atoms with Crippen molar-refractivity contribution in [1.82, 2.24) is 5.32 Å². The number of hydrogen-bond acceptors (Lipinski definition) is 3. The Morgan fingerprint density at radius 1 is 1.24 bits per heavy atom. The molecule has 0 saturated carbocycles. The van der Waals surface area contributed by atoms with Gasteiger partial charge in [-0.3, -0.25) is 0 Å². The summed E-state index contributed by atoms with van der Waals surface area (Å²) in [4.78, 5) is 4.57. The molecule has 1 aliphatic heterocycles. The van der Waals surface area contributed by atoms with Crippen LogP contribution in [0.25, 0.3) is 0 Å². The van der Waals surface area contributed by atoms with Crippen molar-refractivity contribution < 1.29 is 13.2 Å². The number of aryl methyl sites for hydroxylation is 1. The van der Waals surface area contributed by atoms with Gasteiger partial charge in [-0.1, -0.05) is 15.3 Å². The lowest BCUT2D eigenvalue weighted by atomic mass is 9.96. The second-order valence-corrected chi connectivity index (χ2v) is 7.27. The highest BCUT2D eigenvalue weighted by atomic mass is 31.0. The van der Waals surface area contributed by atoms with E-state index in [0.29, 0.717) is 17.2 Å². The first-order chi connectivity index (χ1) is 11.8. The van der Waals surface area contributed by atoms with Crippen LogP contribution in [0.1, 0.15) is 48.3 Å². The number of rotatable bonds is 4. The van der Waals surface area contributed by atoms with E-state index in [0.717, 1.165) is 43.2 Å². The maximum atomic E-state index is 13.4. The lowest BCUT2D eigenvalue weighted by molar-refractivity contribution is 0.104. The van der Waals surface area contributed by atoms with E-state index < -0.39 is 5.66 Å². The van der Waals surface area contributed by atoms with E-state index in [1.807, 2.05) is 19.1 Å². The SMILES string of the molecule is CC(=Nc1ccc(C(F)(F)P)cc1C)c1ccc(C2CCNCC2)o1. The molecule has 1 fully saturated rings. The molecule has 1 aliphatic rings. The van der Waals surface area contributed by atoms with Gasteiger partial charge in [0.05, 0.1) is 11.4 Å². The van der Waals surface area contributed by atoms with E-state index in [4.69, 9.17) is 4.42 Å². The molecular weight excluding hydrogens is 341 g/mol. The van der Waals surface area contributed by atoms with Crippen LogP contribution in [0.5, 0.6) is 0 Å². The highest BCUT2D eigenvalue weighted by molar-refractivity contribution is 7.17. The van der Waals surface area contributed by atoms with Gasteiger partial charge in [-0.25, -0.2) is 4.99 Å². The van der Waals surface area contributed by atoms with Crippen LogP contribution < -0.4 is 5.32 Å². The summed E-state index contributed by atoms with van der Waals surface area (Å²) in [6.07, 6.45) is 2.15. The summed E-state index contributed by atoms with van der Waals surface area (Å²) in [5.41, 5.74) is -0.821. The van der Waals surface area contributed by atoms with Gasteiger partial charge in [0, 0.05) is 11.5 Å². The van der Waals surface area contributed by atoms with Crippen molar-refractivity contribution >= 4 is 20.6 Å². The van der Waals surface area contributed by atoms with Crippen LogP contribution in [0.3, 0.4) is 0 Å². The number of benzene rings is 1. The van der Waals surface area contributed by atoms with E-state index in [1.165, 1.54) is 12.1 Å². The molecule has 134 valence electrons. The van der Waals surface area contributed by atoms with Gasteiger partial charge in [0.1, 0.15) is 11.5 Å². The minimum atomic E-state index is -2.92. The maximum absolute atomic E-state index is 13.4. The normalized spacial score (nSPS) is 17.1. The molecule has 3 rings (SSSR count).